The molecule has 2 aromatic carbocycles. The number of aromatic nitrogens is 1. The molecule has 1 atom stereocenters. The Morgan fingerprint density at radius 1 is 1.09 bits per heavy atom. The first-order chi connectivity index (χ1) is 16.5. The van der Waals surface area contributed by atoms with Crippen molar-refractivity contribution in [3.8, 4) is 11.1 Å². The highest BCUT2D eigenvalue weighted by atomic mass is 32.1. The molecule has 174 valence electrons. The van der Waals surface area contributed by atoms with Crippen molar-refractivity contribution in [3.63, 3.8) is 0 Å². The molecule has 2 N–H and O–H groups in total. The number of alkyl carbamates (subject to hydrolysis) is 1. The Kier molecular flexibility index (Phi) is 6.02. The number of thiazole rings is 1. The van der Waals surface area contributed by atoms with E-state index in [2.05, 4.69) is 34.6 Å². The molecular weight excluding hydrogens is 454 g/mol. The van der Waals surface area contributed by atoms with Gasteiger partial charge in [0.25, 0.3) is 5.91 Å². The number of hydrogen-bond donors (Lipinski definition) is 2. The van der Waals surface area contributed by atoms with E-state index in [0.29, 0.717) is 29.3 Å². The van der Waals surface area contributed by atoms with Gasteiger partial charge in [-0.2, -0.15) is 0 Å². The summed E-state index contributed by atoms with van der Waals surface area (Å²) in [6, 6.07) is 15.5. The fraction of sp³-hybridized carbons (Fsp3) is 0.280. The van der Waals surface area contributed by atoms with E-state index in [-0.39, 0.29) is 25.0 Å². The molecular formula is C25H23N3O5S. The van der Waals surface area contributed by atoms with Crippen molar-refractivity contribution < 1.29 is 24.2 Å². The van der Waals surface area contributed by atoms with Crippen LogP contribution in [0.15, 0.2) is 54.7 Å². The van der Waals surface area contributed by atoms with Crippen molar-refractivity contribution in [2.75, 3.05) is 13.2 Å². The van der Waals surface area contributed by atoms with E-state index in [1.807, 2.05) is 24.3 Å². The third kappa shape index (κ3) is 4.14. The van der Waals surface area contributed by atoms with E-state index < -0.39 is 18.1 Å². The monoisotopic (exact) mass is 477 g/mol. The number of carbonyl (C=O) groups excluding carboxylic acids is 2. The zero-order valence-electron chi connectivity index (χ0n) is 18.3. The lowest BCUT2D eigenvalue weighted by Crippen LogP contribution is -2.40. The van der Waals surface area contributed by atoms with Crippen LogP contribution in [0.3, 0.4) is 0 Å². The molecule has 0 bridgehead atoms. The first-order valence-electron chi connectivity index (χ1n) is 11.1. The number of fused-ring (bicyclic) bond motifs is 3. The molecule has 2 aliphatic rings. The molecule has 34 heavy (non-hydrogen) atoms. The van der Waals surface area contributed by atoms with Crippen LogP contribution in [-0.4, -0.2) is 52.2 Å². The summed E-state index contributed by atoms with van der Waals surface area (Å²) in [5.41, 5.74) is 4.60. The Morgan fingerprint density at radius 2 is 1.76 bits per heavy atom. The van der Waals surface area contributed by atoms with Gasteiger partial charge in [-0.15, -0.1) is 11.3 Å². The van der Waals surface area contributed by atoms with Crippen LogP contribution in [-0.2, 0) is 16.1 Å². The predicted octanol–water partition coefficient (Wildman–Crippen LogP) is 3.87. The molecule has 0 unspecified atom stereocenters. The Labute approximate surface area is 200 Å². The van der Waals surface area contributed by atoms with Crippen LogP contribution in [0.5, 0.6) is 0 Å². The molecule has 1 saturated heterocycles. The van der Waals surface area contributed by atoms with Gasteiger partial charge >= 0.3 is 12.1 Å². The number of carbonyl (C=O) groups is 3. The van der Waals surface area contributed by atoms with Gasteiger partial charge in [-0.1, -0.05) is 48.5 Å². The second-order valence-corrected chi connectivity index (χ2v) is 9.41. The van der Waals surface area contributed by atoms with Crippen LogP contribution in [0.25, 0.3) is 11.1 Å². The largest absolute Gasteiger partial charge is 0.480 e. The van der Waals surface area contributed by atoms with Crippen molar-refractivity contribution in [2.45, 2.75) is 31.3 Å². The maximum atomic E-state index is 12.7. The summed E-state index contributed by atoms with van der Waals surface area (Å²) in [5, 5.41) is 12.5. The Morgan fingerprint density at radius 3 is 2.44 bits per heavy atom. The maximum Gasteiger partial charge on any atom is 0.407 e. The van der Waals surface area contributed by atoms with Crippen LogP contribution in [0.2, 0.25) is 0 Å². The number of hydrogen-bond acceptors (Lipinski definition) is 6. The molecule has 5 rings (SSSR count). The third-order valence-corrected chi connectivity index (χ3v) is 7.28. The summed E-state index contributed by atoms with van der Waals surface area (Å²) in [6.07, 6.45) is 1.99. The average molecular weight is 478 g/mol. The number of carboxylic acid groups (broad SMARTS) is 1. The lowest BCUT2D eigenvalue weighted by molar-refractivity contribution is -0.141. The van der Waals surface area contributed by atoms with Crippen molar-refractivity contribution in [1.82, 2.24) is 15.2 Å². The van der Waals surface area contributed by atoms with E-state index in [4.69, 9.17) is 4.74 Å². The van der Waals surface area contributed by atoms with E-state index >= 15 is 0 Å². The van der Waals surface area contributed by atoms with E-state index in [0.717, 1.165) is 33.6 Å². The molecule has 9 heteroatoms. The summed E-state index contributed by atoms with van der Waals surface area (Å²) in [6.45, 7) is 0.755. The highest BCUT2D eigenvalue weighted by Crippen LogP contribution is 2.44. The number of ether oxygens (including phenoxy) is 1. The number of nitrogens with zero attached hydrogens (tertiary/aromatic N) is 2. The number of nitrogens with one attached hydrogen (secondary N) is 1. The molecule has 2 heterocycles. The fourth-order valence-corrected chi connectivity index (χ4v) is 5.51. The minimum Gasteiger partial charge on any atom is -0.480 e. The maximum absolute atomic E-state index is 12.7. The number of carboxylic acids is 1. The zero-order valence-corrected chi connectivity index (χ0v) is 19.1. The van der Waals surface area contributed by atoms with Crippen molar-refractivity contribution >= 4 is 29.3 Å². The van der Waals surface area contributed by atoms with Crippen molar-refractivity contribution in [3.05, 3.63) is 75.7 Å². The van der Waals surface area contributed by atoms with Gasteiger partial charge in [0.15, 0.2) is 0 Å². The standard InChI is InChI=1S/C25H23N3O5S/c29-23(28-11-5-10-20(28)24(30)31)21-12-26-22(34-21)13-27-25(32)33-14-19-17-8-3-1-6-15(17)16-7-2-4-9-18(16)19/h1-4,6-9,12,19-20H,5,10-11,13-14H2,(H,27,32)(H,30,31)/t20-/m1/s1. The summed E-state index contributed by atoms with van der Waals surface area (Å²) in [5.74, 6) is -1.35. The van der Waals surface area contributed by atoms with Crippen LogP contribution in [0.1, 0.15) is 44.6 Å². The second kappa shape index (κ2) is 9.26. The van der Waals surface area contributed by atoms with Crippen molar-refractivity contribution in [2.24, 2.45) is 0 Å². The predicted molar refractivity (Wildman–Crippen MR) is 126 cm³/mol. The summed E-state index contributed by atoms with van der Waals surface area (Å²) in [7, 11) is 0. The van der Waals surface area contributed by atoms with Crippen LogP contribution < -0.4 is 5.32 Å². The van der Waals surface area contributed by atoms with Gasteiger partial charge in [0, 0.05) is 12.5 Å². The van der Waals surface area contributed by atoms with Gasteiger partial charge in [0.05, 0.1) is 12.7 Å². The van der Waals surface area contributed by atoms with Gasteiger partial charge in [-0.25, -0.2) is 14.6 Å². The highest BCUT2D eigenvalue weighted by molar-refractivity contribution is 7.13. The topological polar surface area (TPSA) is 109 Å². The molecule has 3 aromatic rings. The van der Waals surface area contributed by atoms with Crippen LogP contribution in [0, 0.1) is 0 Å². The lowest BCUT2D eigenvalue weighted by atomic mass is 9.98. The van der Waals surface area contributed by atoms with Gasteiger partial charge in [0.2, 0.25) is 0 Å². The number of amides is 2. The quantitative estimate of drug-likeness (QED) is 0.558. The van der Waals surface area contributed by atoms with E-state index in [1.165, 1.54) is 11.1 Å². The SMILES string of the molecule is O=C(NCc1ncc(C(=O)N2CCC[C@@H]2C(=O)O)s1)OCC1c2ccccc2-c2ccccc21. The molecule has 1 aromatic heterocycles. The number of rotatable bonds is 6. The summed E-state index contributed by atoms with van der Waals surface area (Å²) >= 11 is 1.14. The van der Waals surface area contributed by atoms with Gasteiger partial charge in [-0.3, -0.25) is 4.79 Å². The zero-order chi connectivity index (χ0) is 23.7. The number of benzene rings is 2. The average Bonchev–Trinajstić information content (AvgIpc) is 3.59. The molecule has 1 aliphatic heterocycles. The number of likely N-dealkylation sites (tertiary alicyclic amines) is 1. The van der Waals surface area contributed by atoms with Gasteiger partial charge in [-0.05, 0) is 35.1 Å². The Bertz CT molecular complexity index is 1210. The normalized spacial score (nSPS) is 16.7. The third-order valence-electron chi connectivity index (χ3n) is 6.29. The molecule has 0 radical (unpaired) electrons. The Balaban J connectivity index is 1.17. The molecule has 1 aliphatic carbocycles. The highest BCUT2D eigenvalue weighted by Gasteiger charge is 2.35. The van der Waals surface area contributed by atoms with Gasteiger partial charge < -0.3 is 20.1 Å². The molecule has 0 saturated carbocycles. The second-order valence-electron chi connectivity index (χ2n) is 8.29. The van der Waals surface area contributed by atoms with Crippen LogP contribution in [0.4, 0.5) is 4.79 Å². The summed E-state index contributed by atoms with van der Waals surface area (Å²) < 4.78 is 5.52. The first kappa shape index (κ1) is 22.1. The van der Waals surface area contributed by atoms with Crippen LogP contribution >= 0.6 is 11.3 Å². The minimum atomic E-state index is -0.993. The molecule has 8 nitrogen and oxygen atoms in total. The molecule has 0 spiro atoms. The molecule has 2 amide bonds. The van der Waals surface area contributed by atoms with E-state index in [9.17, 15) is 19.5 Å². The fourth-order valence-electron chi connectivity index (χ4n) is 4.70. The Hall–Kier alpha value is -3.72. The summed E-state index contributed by atoms with van der Waals surface area (Å²) in [4.78, 5) is 42.3. The van der Waals surface area contributed by atoms with Crippen molar-refractivity contribution in [1.29, 1.82) is 0 Å². The number of aliphatic carboxylic acids is 1. The smallest absolute Gasteiger partial charge is 0.407 e. The molecule has 1 fully saturated rings. The van der Waals surface area contributed by atoms with Gasteiger partial charge in [0.1, 0.15) is 22.5 Å². The first-order valence-corrected chi connectivity index (χ1v) is 11.9. The lowest BCUT2D eigenvalue weighted by Gasteiger charge is -2.20. The van der Waals surface area contributed by atoms with E-state index in [1.54, 1.807) is 0 Å². The minimum absolute atomic E-state index is 0.0233.